The number of aromatic amines is 1. The fourth-order valence-corrected chi connectivity index (χ4v) is 2.35. The molecule has 2 amide bonds. The van der Waals surface area contributed by atoms with Crippen LogP contribution in [-0.4, -0.2) is 41.3 Å². The molecular weight excluding hydrogens is 298 g/mol. The molecule has 0 unspecified atom stereocenters. The highest BCUT2D eigenvalue weighted by Gasteiger charge is 2.17. The molecule has 0 atom stereocenters. The second-order valence-electron chi connectivity index (χ2n) is 4.36. The van der Waals surface area contributed by atoms with E-state index in [9.17, 15) is 9.59 Å². The summed E-state index contributed by atoms with van der Waals surface area (Å²) in [7, 11) is 0. The molecule has 18 heavy (non-hydrogen) atoms. The second-order valence-corrected chi connectivity index (χ2v) is 5.27. The number of carbonyl (C=O) groups is 2. The van der Waals surface area contributed by atoms with Gasteiger partial charge < -0.3 is 15.2 Å². The van der Waals surface area contributed by atoms with E-state index < -0.39 is 0 Å². The molecule has 0 radical (unpaired) electrons. The van der Waals surface area contributed by atoms with Crippen LogP contribution in [0, 0.1) is 0 Å². The van der Waals surface area contributed by atoms with Crippen molar-refractivity contribution in [2.75, 3.05) is 19.6 Å². The lowest BCUT2D eigenvalue weighted by atomic mass is 10.1. The molecule has 2 heterocycles. The molecule has 0 saturated carbocycles. The number of likely N-dealkylation sites (tertiary alicyclic amines) is 1. The Kier molecular flexibility index (Phi) is 4.41. The van der Waals surface area contributed by atoms with Crippen molar-refractivity contribution in [2.24, 2.45) is 0 Å². The first-order chi connectivity index (χ1) is 8.66. The number of carbonyl (C=O) groups excluding carboxylic acids is 2. The van der Waals surface area contributed by atoms with Crippen molar-refractivity contribution in [2.45, 2.75) is 19.3 Å². The fourth-order valence-electron chi connectivity index (χ4n) is 2.01. The summed E-state index contributed by atoms with van der Waals surface area (Å²) in [6.45, 7) is 1.68. The number of hydrogen-bond donors (Lipinski definition) is 2. The highest BCUT2D eigenvalue weighted by molar-refractivity contribution is 9.10. The molecule has 6 heteroatoms. The van der Waals surface area contributed by atoms with Crippen molar-refractivity contribution in [3.05, 3.63) is 22.4 Å². The van der Waals surface area contributed by atoms with Crippen LogP contribution < -0.4 is 5.32 Å². The van der Waals surface area contributed by atoms with Crippen LogP contribution >= 0.6 is 15.9 Å². The predicted molar refractivity (Wildman–Crippen MR) is 71.3 cm³/mol. The Morgan fingerprint density at radius 2 is 2.06 bits per heavy atom. The molecule has 1 aliphatic rings. The van der Waals surface area contributed by atoms with E-state index in [4.69, 9.17) is 0 Å². The number of amides is 2. The van der Waals surface area contributed by atoms with Crippen LogP contribution in [0.4, 0.5) is 0 Å². The summed E-state index contributed by atoms with van der Waals surface area (Å²) in [5.74, 6) is -0.264. The normalized spacial score (nSPS) is 15.5. The van der Waals surface area contributed by atoms with Crippen molar-refractivity contribution >= 4 is 27.7 Å². The SMILES string of the molecule is O=C(NCC(=O)N1CCCCC1)c1cc(Br)c[nH]1. The van der Waals surface area contributed by atoms with E-state index in [1.807, 2.05) is 4.90 Å². The lowest BCUT2D eigenvalue weighted by Gasteiger charge is -2.26. The third-order valence-corrected chi connectivity index (χ3v) is 3.46. The van der Waals surface area contributed by atoms with E-state index in [1.54, 1.807) is 12.3 Å². The molecule has 1 fully saturated rings. The van der Waals surface area contributed by atoms with Gasteiger partial charge in [-0.3, -0.25) is 9.59 Å². The van der Waals surface area contributed by atoms with Gasteiger partial charge in [0.05, 0.1) is 6.54 Å². The zero-order valence-electron chi connectivity index (χ0n) is 10.0. The number of nitrogens with one attached hydrogen (secondary N) is 2. The fraction of sp³-hybridized carbons (Fsp3) is 0.500. The molecule has 2 N–H and O–H groups in total. The van der Waals surface area contributed by atoms with Gasteiger partial charge in [-0.25, -0.2) is 0 Å². The molecule has 98 valence electrons. The quantitative estimate of drug-likeness (QED) is 0.888. The number of hydrogen-bond acceptors (Lipinski definition) is 2. The average Bonchev–Trinajstić information content (AvgIpc) is 2.83. The number of nitrogens with zero attached hydrogens (tertiary/aromatic N) is 1. The maximum atomic E-state index is 11.8. The third kappa shape index (κ3) is 3.35. The molecule has 0 aliphatic carbocycles. The maximum Gasteiger partial charge on any atom is 0.268 e. The zero-order chi connectivity index (χ0) is 13.0. The van der Waals surface area contributed by atoms with Gasteiger partial charge in [0.25, 0.3) is 5.91 Å². The Hall–Kier alpha value is -1.30. The number of aromatic nitrogens is 1. The Labute approximate surface area is 114 Å². The Balaban J connectivity index is 1.80. The lowest BCUT2D eigenvalue weighted by Crippen LogP contribution is -2.42. The van der Waals surface area contributed by atoms with E-state index in [-0.39, 0.29) is 18.4 Å². The minimum Gasteiger partial charge on any atom is -0.356 e. The number of rotatable bonds is 3. The van der Waals surface area contributed by atoms with Crippen molar-refractivity contribution < 1.29 is 9.59 Å². The molecular formula is C12H16BrN3O2. The first-order valence-corrected chi connectivity index (χ1v) is 6.86. The van der Waals surface area contributed by atoms with Gasteiger partial charge >= 0.3 is 0 Å². The summed E-state index contributed by atoms with van der Waals surface area (Å²) in [4.78, 5) is 28.2. The van der Waals surface area contributed by atoms with E-state index in [0.29, 0.717) is 5.69 Å². The highest BCUT2D eigenvalue weighted by atomic mass is 79.9. The molecule has 1 saturated heterocycles. The van der Waals surface area contributed by atoms with E-state index in [2.05, 4.69) is 26.2 Å². The second kappa shape index (κ2) is 6.04. The smallest absolute Gasteiger partial charge is 0.268 e. The van der Waals surface area contributed by atoms with Gasteiger partial charge in [-0.2, -0.15) is 0 Å². The van der Waals surface area contributed by atoms with E-state index >= 15 is 0 Å². The first-order valence-electron chi connectivity index (χ1n) is 6.07. The van der Waals surface area contributed by atoms with Gasteiger partial charge in [0.15, 0.2) is 0 Å². The number of H-pyrrole nitrogens is 1. The molecule has 0 aromatic carbocycles. The van der Waals surface area contributed by atoms with Gasteiger partial charge in [-0.1, -0.05) is 0 Å². The number of halogens is 1. The van der Waals surface area contributed by atoms with Gasteiger partial charge in [-0.05, 0) is 41.3 Å². The van der Waals surface area contributed by atoms with Crippen LogP contribution in [0.1, 0.15) is 29.8 Å². The average molecular weight is 314 g/mol. The summed E-state index contributed by atoms with van der Waals surface area (Å²) in [5.41, 5.74) is 0.452. The molecule has 2 rings (SSSR count). The van der Waals surface area contributed by atoms with Crippen molar-refractivity contribution in [1.82, 2.24) is 15.2 Å². The van der Waals surface area contributed by atoms with Crippen LogP contribution in [0.2, 0.25) is 0 Å². The molecule has 0 bridgehead atoms. The van der Waals surface area contributed by atoms with Crippen LogP contribution in [0.5, 0.6) is 0 Å². The Bertz CT molecular complexity index is 438. The van der Waals surface area contributed by atoms with Gasteiger partial charge in [0.2, 0.25) is 5.91 Å². The Morgan fingerprint density at radius 3 is 2.67 bits per heavy atom. The van der Waals surface area contributed by atoms with Gasteiger partial charge in [0, 0.05) is 23.8 Å². The standard InChI is InChI=1S/C12H16BrN3O2/c13-9-6-10(14-7-9)12(18)15-8-11(17)16-4-2-1-3-5-16/h6-7,14H,1-5,8H2,(H,15,18). The first kappa shape index (κ1) is 13.1. The summed E-state index contributed by atoms with van der Waals surface area (Å²) in [6, 6.07) is 1.68. The van der Waals surface area contributed by atoms with Gasteiger partial charge in [-0.15, -0.1) is 0 Å². The third-order valence-electron chi connectivity index (χ3n) is 3.00. The molecule has 1 aliphatic heterocycles. The van der Waals surface area contributed by atoms with Crippen molar-refractivity contribution in [1.29, 1.82) is 0 Å². The topological polar surface area (TPSA) is 65.2 Å². The summed E-state index contributed by atoms with van der Waals surface area (Å²) >= 11 is 3.26. The van der Waals surface area contributed by atoms with Crippen LogP contribution in [0.25, 0.3) is 0 Å². The van der Waals surface area contributed by atoms with E-state index in [1.165, 1.54) is 6.42 Å². The highest BCUT2D eigenvalue weighted by Crippen LogP contribution is 2.10. The van der Waals surface area contributed by atoms with Crippen molar-refractivity contribution in [3.8, 4) is 0 Å². The van der Waals surface area contributed by atoms with Crippen LogP contribution in [-0.2, 0) is 4.79 Å². The predicted octanol–water partition coefficient (Wildman–Crippen LogP) is 1.52. The monoisotopic (exact) mass is 313 g/mol. The molecule has 1 aromatic heterocycles. The summed E-state index contributed by atoms with van der Waals surface area (Å²) in [6.07, 6.45) is 4.99. The van der Waals surface area contributed by atoms with Crippen molar-refractivity contribution in [3.63, 3.8) is 0 Å². The molecule has 0 spiro atoms. The van der Waals surface area contributed by atoms with E-state index in [0.717, 1.165) is 30.4 Å². The van der Waals surface area contributed by atoms with Crippen LogP contribution in [0.15, 0.2) is 16.7 Å². The maximum absolute atomic E-state index is 11.8. The number of piperidine rings is 1. The summed E-state index contributed by atoms with van der Waals surface area (Å²) < 4.78 is 0.815. The zero-order valence-corrected chi connectivity index (χ0v) is 11.6. The summed E-state index contributed by atoms with van der Waals surface area (Å²) in [5, 5.41) is 2.63. The minimum atomic E-state index is -0.258. The van der Waals surface area contributed by atoms with Gasteiger partial charge in [0.1, 0.15) is 5.69 Å². The minimum absolute atomic E-state index is 0.00586. The Morgan fingerprint density at radius 1 is 1.33 bits per heavy atom. The lowest BCUT2D eigenvalue weighted by molar-refractivity contribution is -0.130. The molecule has 5 nitrogen and oxygen atoms in total. The molecule has 1 aromatic rings. The largest absolute Gasteiger partial charge is 0.356 e. The van der Waals surface area contributed by atoms with Crippen LogP contribution in [0.3, 0.4) is 0 Å².